The summed E-state index contributed by atoms with van der Waals surface area (Å²) < 4.78 is 0. The van der Waals surface area contributed by atoms with Gasteiger partial charge in [0.1, 0.15) is 23.5 Å². The summed E-state index contributed by atoms with van der Waals surface area (Å²) in [6.07, 6.45) is 1.67. The van der Waals surface area contributed by atoms with Crippen molar-refractivity contribution in [1.82, 2.24) is 9.97 Å². The normalized spacial score (nSPS) is 12.0. The Morgan fingerprint density at radius 1 is 1.39 bits per heavy atom. The molecule has 6 N–H and O–H groups in total. The number of hydrogen-bond donors (Lipinski definition) is 4. The number of hydrazine groups is 1. The summed E-state index contributed by atoms with van der Waals surface area (Å²) in [5.74, 6) is 6.78. The number of aromatic nitrogens is 2. The lowest BCUT2D eigenvalue weighted by Gasteiger charge is -2.16. The van der Waals surface area contributed by atoms with Crippen molar-refractivity contribution in [2.75, 3.05) is 10.7 Å². The molecule has 100 valence electrons. The molecule has 0 fully saturated rings. The average Bonchev–Trinajstić information content (AvgIpc) is 2.33. The largest absolute Gasteiger partial charge is 0.368 e. The van der Waals surface area contributed by atoms with Gasteiger partial charge in [-0.1, -0.05) is 6.92 Å². The maximum atomic E-state index is 11.1. The van der Waals surface area contributed by atoms with Crippen LogP contribution in [0, 0.1) is 6.92 Å². The van der Waals surface area contributed by atoms with Crippen LogP contribution in [0.15, 0.2) is 0 Å². The molecule has 1 atom stereocenters. The molecule has 1 rings (SSSR count). The zero-order chi connectivity index (χ0) is 13.7. The molecule has 7 heteroatoms. The number of carbonyl (C=O) groups is 1. The summed E-state index contributed by atoms with van der Waals surface area (Å²) in [4.78, 5) is 19.7. The molecular formula is C11H20N6O. The number of nitrogens with two attached hydrogens (primary N) is 2. The van der Waals surface area contributed by atoms with Crippen molar-refractivity contribution in [3.63, 3.8) is 0 Å². The average molecular weight is 252 g/mol. The molecule has 0 radical (unpaired) electrons. The third-order valence-electron chi connectivity index (χ3n) is 2.58. The lowest BCUT2D eigenvalue weighted by molar-refractivity contribution is -0.118. The van der Waals surface area contributed by atoms with E-state index in [9.17, 15) is 4.79 Å². The van der Waals surface area contributed by atoms with Crippen molar-refractivity contribution >= 4 is 17.5 Å². The van der Waals surface area contributed by atoms with Crippen LogP contribution < -0.4 is 22.3 Å². The van der Waals surface area contributed by atoms with E-state index in [1.165, 1.54) is 0 Å². The number of nitrogen functional groups attached to an aromatic ring is 1. The van der Waals surface area contributed by atoms with Gasteiger partial charge < -0.3 is 16.5 Å². The molecule has 18 heavy (non-hydrogen) atoms. The Morgan fingerprint density at radius 2 is 2.00 bits per heavy atom. The molecule has 1 heterocycles. The fourth-order valence-electron chi connectivity index (χ4n) is 1.46. The number of amides is 1. The minimum atomic E-state index is -0.501. The smallest absolute Gasteiger partial charge is 0.239 e. The van der Waals surface area contributed by atoms with Crippen molar-refractivity contribution in [2.45, 2.75) is 39.7 Å². The van der Waals surface area contributed by atoms with Gasteiger partial charge in [0.05, 0.1) is 0 Å². The standard InChI is InChI=1S/C11H20N6O/c1-4-5-8-15-10(14-7(3)9(12)18)6(2)11(16-8)17-13/h7H,4-5,13H2,1-3H3,(H2,12,18)(H2,14,15,16,17). The van der Waals surface area contributed by atoms with E-state index < -0.39 is 11.9 Å². The maximum absolute atomic E-state index is 11.1. The molecule has 0 aliphatic heterocycles. The summed E-state index contributed by atoms with van der Waals surface area (Å²) in [5, 5.41) is 2.96. The first-order valence-corrected chi connectivity index (χ1v) is 5.89. The Morgan fingerprint density at radius 3 is 2.50 bits per heavy atom. The predicted octanol–water partition coefficient (Wildman–Crippen LogP) is 0.309. The van der Waals surface area contributed by atoms with E-state index in [-0.39, 0.29) is 0 Å². The second kappa shape index (κ2) is 6.15. The fraction of sp³-hybridized carbons (Fsp3) is 0.545. The van der Waals surface area contributed by atoms with Crippen LogP contribution in [0.3, 0.4) is 0 Å². The Kier molecular flexibility index (Phi) is 4.85. The summed E-state index contributed by atoms with van der Waals surface area (Å²) >= 11 is 0. The van der Waals surface area contributed by atoms with Crippen molar-refractivity contribution < 1.29 is 4.79 Å². The van der Waals surface area contributed by atoms with Crippen LogP contribution in [0.5, 0.6) is 0 Å². The van der Waals surface area contributed by atoms with Crippen LogP contribution in [-0.4, -0.2) is 21.9 Å². The number of carbonyl (C=O) groups excluding carboxylic acids is 1. The SMILES string of the molecule is CCCc1nc(NN)c(C)c(NC(C)C(N)=O)n1. The lowest BCUT2D eigenvalue weighted by atomic mass is 10.2. The van der Waals surface area contributed by atoms with Crippen molar-refractivity contribution in [3.8, 4) is 0 Å². The molecule has 0 bridgehead atoms. The van der Waals surface area contributed by atoms with Gasteiger partial charge in [-0.25, -0.2) is 15.8 Å². The molecule has 1 aromatic heterocycles. The molecule has 0 saturated carbocycles. The van der Waals surface area contributed by atoms with Gasteiger partial charge in [-0.15, -0.1) is 0 Å². The Balaban J connectivity index is 3.08. The molecular weight excluding hydrogens is 232 g/mol. The number of hydrogen-bond acceptors (Lipinski definition) is 6. The number of nitrogens with zero attached hydrogens (tertiary/aromatic N) is 2. The zero-order valence-corrected chi connectivity index (χ0v) is 10.9. The minimum absolute atomic E-state index is 0.438. The Bertz CT molecular complexity index is 434. The monoisotopic (exact) mass is 252 g/mol. The maximum Gasteiger partial charge on any atom is 0.239 e. The van der Waals surface area contributed by atoms with Crippen LogP contribution in [0.1, 0.15) is 31.7 Å². The number of anilines is 2. The molecule has 0 aliphatic carbocycles. The molecule has 7 nitrogen and oxygen atoms in total. The minimum Gasteiger partial charge on any atom is -0.368 e. The van der Waals surface area contributed by atoms with E-state index in [1.807, 2.05) is 13.8 Å². The zero-order valence-electron chi connectivity index (χ0n) is 10.9. The quantitative estimate of drug-likeness (QED) is 0.427. The van der Waals surface area contributed by atoms with Crippen molar-refractivity contribution in [1.29, 1.82) is 0 Å². The van der Waals surface area contributed by atoms with E-state index in [0.717, 1.165) is 18.4 Å². The van der Waals surface area contributed by atoms with Crippen LogP contribution in [0.4, 0.5) is 11.6 Å². The lowest BCUT2D eigenvalue weighted by Crippen LogP contribution is -2.33. The van der Waals surface area contributed by atoms with Gasteiger partial charge in [0.2, 0.25) is 5.91 Å². The van der Waals surface area contributed by atoms with Crippen LogP contribution in [-0.2, 0) is 11.2 Å². The van der Waals surface area contributed by atoms with E-state index in [2.05, 4.69) is 20.7 Å². The Hall–Kier alpha value is -1.89. The first kappa shape index (κ1) is 14.2. The molecule has 1 unspecified atom stereocenters. The van der Waals surface area contributed by atoms with E-state index in [4.69, 9.17) is 11.6 Å². The van der Waals surface area contributed by atoms with Gasteiger partial charge in [-0.05, 0) is 20.3 Å². The highest BCUT2D eigenvalue weighted by Crippen LogP contribution is 2.20. The summed E-state index contributed by atoms with van der Waals surface area (Å²) in [6.45, 7) is 5.54. The number of nitrogens with one attached hydrogen (secondary N) is 2. The van der Waals surface area contributed by atoms with Gasteiger partial charge in [-0.2, -0.15) is 0 Å². The third kappa shape index (κ3) is 3.30. The molecule has 0 aliphatic rings. The highest BCUT2D eigenvalue weighted by molar-refractivity contribution is 5.82. The predicted molar refractivity (Wildman–Crippen MR) is 70.9 cm³/mol. The van der Waals surface area contributed by atoms with Crippen LogP contribution >= 0.6 is 0 Å². The molecule has 0 saturated heterocycles. The highest BCUT2D eigenvalue weighted by atomic mass is 16.1. The molecule has 1 aromatic rings. The van der Waals surface area contributed by atoms with E-state index >= 15 is 0 Å². The second-order valence-electron chi connectivity index (χ2n) is 4.12. The Labute approximate surface area is 106 Å². The highest BCUT2D eigenvalue weighted by Gasteiger charge is 2.14. The number of primary amides is 1. The van der Waals surface area contributed by atoms with Crippen molar-refractivity contribution in [2.24, 2.45) is 11.6 Å². The molecule has 0 spiro atoms. The van der Waals surface area contributed by atoms with E-state index in [1.54, 1.807) is 6.92 Å². The van der Waals surface area contributed by atoms with Crippen LogP contribution in [0.25, 0.3) is 0 Å². The number of rotatable bonds is 6. The molecule has 1 amide bonds. The van der Waals surface area contributed by atoms with Gasteiger partial charge in [0, 0.05) is 12.0 Å². The first-order chi connectivity index (χ1) is 8.49. The van der Waals surface area contributed by atoms with E-state index in [0.29, 0.717) is 17.5 Å². The fourth-order valence-corrected chi connectivity index (χ4v) is 1.46. The third-order valence-corrected chi connectivity index (χ3v) is 2.58. The summed E-state index contributed by atoms with van der Waals surface area (Å²) in [6, 6.07) is -0.501. The summed E-state index contributed by atoms with van der Waals surface area (Å²) in [7, 11) is 0. The van der Waals surface area contributed by atoms with Gasteiger partial charge in [0.15, 0.2) is 0 Å². The first-order valence-electron chi connectivity index (χ1n) is 5.89. The number of aryl methyl sites for hydroxylation is 1. The van der Waals surface area contributed by atoms with Gasteiger partial charge >= 0.3 is 0 Å². The second-order valence-corrected chi connectivity index (χ2v) is 4.12. The van der Waals surface area contributed by atoms with Gasteiger partial charge in [0.25, 0.3) is 0 Å². The van der Waals surface area contributed by atoms with Gasteiger partial charge in [-0.3, -0.25) is 4.79 Å². The van der Waals surface area contributed by atoms with Crippen LogP contribution in [0.2, 0.25) is 0 Å². The van der Waals surface area contributed by atoms with Crippen molar-refractivity contribution in [3.05, 3.63) is 11.4 Å². The molecule has 0 aromatic carbocycles. The summed E-state index contributed by atoms with van der Waals surface area (Å²) in [5.41, 5.74) is 8.50. The topological polar surface area (TPSA) is 119 Å².